The lowest BCUT2D eigenvalue weighted by Gasteiger charge is -2.37. The topological polar surface area (TPSA) is 62.3 Å². The fourth-order valence-corrected chi connectivity index (χ4v) is 3.40. The maximum absolute atomic E-state index is 9.07. The van der Waals surface area contributed by atoms with Gasteiger partial charge in [-0.25, -0.2) is 0 Å². The largest absolute Gasteiger partial charge is 0.496 e. The molecular weight excluding hydrogens is 262 g/mol. The SMILES string of the molecule is COc1ccc(C#N)cc1CN(C)C1CCCCC1CN. The molecule has 21 heavy (non-hydrogen) atoms. The minimum Gasteiger partial charge on any atom is -0.496 e. The Bertz CT molecular complexity index is 509. The van der Waals surface area contributed by atoms with Gasteiger partial charge in [-0.3, -0.25) is 4.90 Å². The number of methoxy groups -OCH3 is 1. The van der Waals surface area contributed by atoms with Crippen LogP contribution in [0.5, 0.6) is 5.75 Å². The second-order valence-corrected chi connectivity index (χ2v) is 5.90. The van der Waals surface area contributed by atoms with Crippen molar-refractivity contribution in [3.63, 3.8) is 0 Å². The number of rotatable bonds is 5. The van der Waals surface area contributed by atoms with E-state index >= 15 is 0 Å². The molecule has 2 unspecified atom stereocenters. The van der Waals surface area contributed by atoms with Crippen molar-refractivity contribution in [2.45, 2.75) is 38.3 Å². The predicted octanol–water partition coefficient (Wildman–Crippen LogP) is 2.52. The summed E-state index contributed by atoms with van der Waals surface area (Å²) in [4.78, 5) is 2.37. The highest BCUT2D eigenvalue weighted by Gasteiger charge is 2.27. The van der Waals surface area contributed by atoms with E-state index in [0.717, 1.165) is 24.4 Å². The number of nitriles is 1. The van der Waals surface area contributed by atoms with E-state index in [0.29, 0.717) is 17.5 Å². The van der Waals surface area contributed by atoms with Gasteiger partial charge < -0.3 is 10.5 Å². The van der Waals surface area contributed by atoms with Crippen LogP contribution in [0.4, 0.5) is 0 Å². The number of nitrogens with zero attached hydrogens (tertiary/aromatic N) is 2. The van der Waals surface area contributed by atoms with Gasteiger partial charge in [0.25, 0.3) is 0 Å². The summed E-state index contributed by atoms with van der Waals surface area (Å²) in [5.74, 6) is 1.43. The van der Waals surface area contributed by atoms with E-state index in [2.05, 4.69) is 18.0 Å². The van der Waals surface area contributed by atoms with Gasteiger partial charge >= 0.3 is 0 Å². The summed E-state index contributed by atoms with van der Waals surface area (Å²) in [5.41, 5.74) is 7.68. The highest BCUT2D eigenvalue weighted by molar-refractivity contribution is 5.42. The fraction of sp³-hybridized carbons (Fsp3) is 0.588. The standard InChI is InChI=1S/C17H25N3O/c1-20(16-6-4-3-5-14(16)11-19)12-15-9-13(10-18)7-8-17(15)21-2/h7-9,14,16H,3-6,11-12,19H2,1-2H3. The molecule has 0 aliphatic heterocycles. The van der Waals surface area contributed by atoms with Crippen LogP contribution in [0, 0.1) is 17.2 Å². The molecule has 4 nitrogen and oxygen atoms in total. The molecule has 4 heteroatoms. The average molecular weight is 287 g/mol. The molecule has 1 aromatic carbocycles. The van der Waals surface area contributed by atoms with Crippen molar-refractivity contribution in [3.05, 3.63) is 29.3 Å². The van der Waals surface area contributed by atoms with E-state index in [9.17, 15) is 0 Å². The van der Waals surface area contributed by atoms with E-state index < -0.39 is 0 Å². The zero-order chi connectivity index (χ0) is 15.2. The first-order valence-electron chi connectivity index (χ1n) is 7.67. The maximum atomic E-state index is 9.07. The zero-order valence-corrected chi connectivity index (χ0v) is 13.0. The number of ether oxygens (including phenoxy) is 1. The van der Waals surface area contributed by atoms with Crippen LogP contribution in [0.25, 0.3) is 0 Å². The molecule has 2 rings (SSSR count). The highest BCUT2D eigenvalue weighted by Crippen LogP contribution is 2.29. The summed E-state index contributed by atoms with van der Waals surface area (Å²) >= 11 is 0. The molecule has 114 valence electrons. The molecule has 0 spiro atoms. The average Bonchev–Trinajstić information content (AvgIpc) is 2.54. The van der Waals surface area contributed by atoms with Crippen molar-refractivity contribution >= 4 is 0 Å². The smallest absolute Gasteiger partial charge is 0.123 e. The molecule has 0 saturated heterocycles. The molecule has 1 saturated carbocycles. The number of hydrogen-bond donors (Lipinski definition) is 1. The third-order valence-corrected chi connectivity index (χ3v) is 4.57. The van der Waals surface area contributed by atoms with Crippen LogP contribution in [-0.4, -0.2) is 31.6 Å². The van der Waals surface area contributed by atoms with Gasteiger partial charge in [0.05, 0.1) is 18.7 Å². The Morgan fingerprint density at radius 3 is 2.81 bits per heavy atom. The summed E-state index contributed by atoms with van der Waals surface area (Å²) in [6, 6.07) is 8.33. The molecule has 1 aromatic rings. The van der Waals surface area contributed by atoms with E-state index in [4.69, 9.17) is 15.7 Å². The Morgan fingerprint density at radius 2 is 2.14 bits per heavy atom. The van der Waals surface area contributed by atoms with Gasteiger partial charge in [-0.15, -0.1) is 0 Å². The molecule has 2 N–H and O–H groups in total. The molecule has 1 aliphatic rings. The Balaban J connectivity index is 2.14. The molecule has 0 aromatic heterocycles. The van der Waals surface area contributed by atoms with Gasteiger partial charge in [-0.1, -0.05) is 12.8 Å². The summed E-state index contributed by atoms with van der Waals surface area (Å²) in [6.45, 7) is 1.55. The van der Waals surface area contributed by atoms with E-state index in [1.807, 2.05) is 12.1 Å². The van der Waals surface area contributed by atoms with Crippen molar-refractivity contribution in [1.29, 1.82) is 5.26 Å². The van der Waals surface area contributed by atoms with Crippen LogP contribution in [0.1, 0.15) is 36.8 Å². The molecule has 0 bridgehead atoms. The summed E-state index contributed by atoms with van der Waals surface area (Å²) in [5, 5.41) is 9.07. The van der Waals surface area contributed by atoms with Gasteiger partial charge in [-0.2, -0.15) is 5.26 Å². The Morgan fingerprint density at radius 1 is 1.38 bits per heavy atom. The molecule has 2 atom stereocenters. The summed E-state index contributed by atoms with van der Waals surface area (Å²) in [7, 11) is 3.82. The second-order valence-electron chi connectivity index (χ2n) is 5.90. The van der Waals surface area contributed by atoms with Crippen molar-refractivity contribution in [2.24, 2.45) is 11.7 Å². The Hall–Kier alpha value is -1.57. The molecule has 0 heterocycles. The minimum absolute atomic E-state index is 0.527. The molecular formula is C17H25N3O. The van der Waals surface area contributed by atoms with Crippen molar-refractivity contribution < 1.29 is 4.74 Å². The van der Waals surface area contributed by atoms with Crippen LogP contribution < -0.4 is 10.5 Å². The lowest BCUT2D eigenvalue weighted by atomic mass is 9.83. The van der Waals surface area contributed by atoms with E-state index in [1.165, 1.54) is 25.7 Å². The van der Waals surface area contributed by atoms with Gasteiger partial charge in [0.2, 0.25) is 0 Å². The Kier molecular flexibility index (Phi) is 5.60. The summed E-state index contributed by atoms with van der Waals surface area (Å²) in [6.07, 6.45) is 5.00. The summed E-state index contributed by atoms with van der Waals surface area (Å²) < 4.78 is 5.43. The predicted molar refractivity (Wildman–Crippen MR) is 84.0 cm³/mol. The van der Waals surface area contributed by atoms with Gasteiger partial charge in [0, 0.05) is 18.2 Å². The monoisotopic (exact) mass is 287 g/mol. The molecule has 0 radical (unpaired) electrons. The van der Waals surface area contributed by atoms with Crippen LogP contribution in [0.15, 0.2) is 18.2 Å². The zero-order valence-electron chi connectivity index (χ0n) is 13.0. The van der Waals surface area contributed by atoms with E-state index in [-0.39, 0.29) is 0 Å². The quantitative estimate of drug-likeness (QED) is 0.904. The number of hydrogen-bond acceptors (Lipinski definition) is 4. The Labute approximate surface area is 127 Å². The van der Waals surface area contributed by atoms with Crippen molar-refractivity contribution in [2.75, 3.05) is 20.7 Å². The van der Waals surface area contributed by atoms with Gasteiger partial charge in [0.15, 0.2) is 0 Å². The number of nitrogens with two attached hydrogens (primary N) is 1. The lowest BCUT2D eigenvalue weighted by Crippen LogP contribution is -2.42. The highest BCUT2D eigenvalue weighted by atomic mass is 16.5. The second kappa shape index (κ2) is 7.44. The van der Waals surface area contributed by atoms with Gasteiger partial charge in [-0.05, 0) is 50.6 Å². The molecule has 0 amide bonds. The fourth-order valence-electron chi connectivity index (χ4n) is 3.40. The van der Waals surface area contributed by atoms with Crippen LogP contribution in [0.2, 0.25) is 0 Å². The van der Waals surface area contributed by atoms with Gasteiger partial charge in [0.1, 0.15) is 5.75 Å². The maximum Gasteiger partial charge on any atom is 0.123 e. The third-order valence-electron chi connectivity index (χ3n) is 4.57. The van der Waals surface area contributed by atoms with Crippen LogP contribution in [-0.2, 0) is 6.54 Å². The first-order valence-corrected chi connectivity index (χ1v) is 7.67. The van der Waals surface area contributed by atoms with E-state index in [1.54, 1.807) is 13.2 Å². The number of benzene rings is 1. The molecule has 1 fully saturated rings. The minimum atomic E-state index is 0.527. The third kappa shape index (κ3) is 3.75. The van der Waals surface area contributed by atoms with Crippen LogP contribution in [0.3, 0.4) is 0 Å². The normalized spacial score (nSPS) is 22.0. The molecule has 1 aliphatic carbocycles. The van der Waals surface area contributed by atoms with Crippen LogP contribution >= 0.6 is 0 Å². The first-order chi connectivity index (χ1) is 10.2. The van der Waals surface area contributed by atoms with Crippen molar-refractivity contribution in [3.8, 4) is 11.8 Å². The first kappa shape index (κ1) is 15.8. The van der Waals surface area contributed by atoms with Crippen molar-refractivity contribution in [1.82, 2.24) is 4.90 Å². The lowest BCUT2D eigenvalue weighted by molar-refractivity contribution is 0.126.